The van der Waals surface area contributed by atoms with E-state index in [4.69, 9.17) is 9.79 Å². The number of rotatable bonds is 11. The molecule has 0 amide bonds. The van der Waals surface area contributed by atoms with Crippen LogP contribution < -0.4 is 68.9 Å². The molecule has 0 spiro atoms. The van der Waals surface area contributed by atoms with E-state index in [-0.39, 0.29) is 64.8 Å². The molecule has 0 radical (unpaired) electrons. The van der Waals surface area contributed by atoms with Crippen molar-refractivity contribution in [1.82, 2.24) is 15.0 Å². The van der Waals surface area contributed by atoms with Gasteiger partial charge in [-0.2, -0.15) is 0 Å². The zero-order valence-electron chi connectivity index (χ0n) is 17.8. The van der Waals surface area contributed by atoms with Crippen LogP contribution in [0.2, 0.25) is 0 Å². The smallest absolute Gasteiger partial charge is 0.778 e. The average Bonchev–Trinajstić information content (AvgIpc) is 2.94. The Morgan fingerprint density at radius 2 is 1.72 bits per heavy atom. The first-order valence-electron chi connectivity index (χ1n) is 8.64. The summed E-state index contributed by atoms with van der Waals surface area (Å²) < 4.78 is 23.8. The molecule has 2 N–H and O–H groups in total. The van der Waals surface area contributed by atoms with Gasteiger partial charge in [-0.25, -0.2) is 0 Å². The van der Waals surface area contributed by atoms with E-state index in [1.807, 2.05) is 0 Å². The van der Waals surface area contributed by atoms with Gasteiger partial charge in [-0.3, -0.25) is 4.68 Å². The van der Waals surface area contributed by atoms with Gasteiger partial charge in [-0.1, -0.05) is 28.5 Å². The zero-order valence-corrected chi connectivity index (χ0v) is 23.6. The van der Waals surface area contributed by atoms with Crippen LogP contribution >= 0.6 is 15.2 Å². The predicted molar refractivity (Wildman–Crippen MR) is 98.8 cm³/mol. The van der Waals surface area contributed by atoms with Gasteiger partial charge in [-0.05, 0) is 46.5 Å². The van der Waals surface area contributed by atoms with Gasteiger partial charge in [0.25, 0.3) is 0 Å². The minimum atomic E-state index is -5.27. The number of unbranched alkanes of at least 4 members (excludes halogenated alkanes) is 1. The Labute approximate surface area is 216 Å². The normalized spacial score (nSPS) is 16.6. The molecule has 0 saturated carbocycles. The fraction of sp³-hybridized carbons (Fsp3) is 0.625. The first-order chi connectivity index (χ1) is 12.4. The van der Waals surface area contributed by atoms with E-state index in [0.717, 1.165) is 25.7 Å². The van der Waals surface area contributed by atoms with E-state index in [2.05, 4.69) is 43.2 Å². The second-order valence-electron chi connectivity index (χ2n) is 6.80. The molecule has 2 unspecified atom stereocenters. The Balaban J connectivity index is 0. The standard InChI is InChI=1S/C16H29N3O6P2.2Na/c1-13(2)7-6-9-14(3)8-4-5-10-19-12-15(17-18-19)11-16(26(20,21)22)27(23,24)25;;/h7-8,12,16H,4-6,9-11H2,1-3H3,(H2,20,21,22)(H2,23,24,25);;/q;2*+1/p-2/b14-8-;;. The topological polar surface area (TPSA) is 151 Å². The summed E-state index contributed by atoms with van der Waals surface area (Å²) in [6, 6.07) is 0. The Kier molecular flexibility index (Phi) is 16.5. The summed E-state index contributed by atoms with van der Waals surface area (Å²) in [4.78, 5) is 40.3. The molecular weight excluding hydrogens is 438 g/mol. The maximum atomic E-state index is 11.2. The van der Waals surface area contributed by atoms with E-state index in [9.17, 15) is 18.9 Å². The Bertz CT molecular complexity index is 746. The summed E-state index contributed by atoms with van der Waals surface area (Å²) in [6.45, 7) is 6.75. The number of nitrogens with zero attached hydrogens (tertiary/aromatic N) is 3. The summed E-state index contributed by atoms with van der Waals surface area (Å²) in [5.74, 6) is 0. The Hall–Kier alpha value is 0.920. The van der Waals surface area contributed by atoms with Crippen molar-refractivity contribution < 1.29 is 87.8 Å². The Morgan fingerprint density at radius 3 is 2.24 bits per heavy atom. The molecule has 1 heterocycles. The molecule has 29 heavy (non-hydrogen) atoms. The number of aromatic nitrogens is 3. The molecule has 0 aliphatic carbocycles. The molecular formula is C16H27N3Na2O6P2. The van der Waals surface area contributed by atoms with Crippen LogP contribution in [0.25, 0.3) is 0 Å². The van der Waals surface area contributed by atoms with Crippen molar-refractivity contribution >= 4 is 15.2 Å². The number of hydrogen-bond donors (Lipinski definition) is 2. The molecule has 1 rings (SSSR count). The van der Waals surface area contributed by atoms with Crippen molar-refractivity contribution in [2.24, 2.45) is 0 Å². The van der Waals surface area contributed by atoms with Crippen molar-refractivity contribution in [3.8, 4) is 0 Å². The maximum absolute atomic E-state index is 11.2. The van der Waals surface area contributed by atoms with Crippen LogP contribution in [0.3, 0.4) is 0 Å². The van der Waals surface area contributed by atoms with Crippen LogP contribution in [0.4, 0.5) is 0 Å². The third kappa shape index (κ3) is 13.8. The second-order valence-corrected chi connectivity index (χ2v) is 10.7. The number of allylic oxidation sites excluding steroid dienone is 4. The second kappa shape index (κ2) is 14.9. The first-order valence-corrected chi connectivity index (χ1v) is 11.9. The van der Waals surface area contributed by atoms with E-state index < -0.39 is 27.0 Å². The summed E-state index contributed by atoms with van der Waals surface area (Å²) in [7, 11) is -10.5. The van der Waals surface area contributed by atoms with Crippen molar-refractivity contribution in [2.45, 2.75) is 64.8 Å². The first kappa shape index (κ1) is 32.1. The average molecular weight is 465 g/mol. The molecule has 0 fully saturated rings. The van der Waals surface area contributed by atoms with Gasteiger partial charge >= 0.3 is 59.1 Å². The fourth-order valence-electron chi connectivity index (χ4n) is 2.44. The van der Waals surface area contributed by atoms with E-state index >= 15 is 0 Å². The minimum Gasteiger partial charge on any atom is -0.778 e. The molecule has 154 valence electrons. The van der Waals surface area contributed by atoms with Gasteiger partial charge in [-0.15, -0.1) is 5.10 Å². The third-order valence-corrected chi connectivity index (χ3v) is 7.53. The largest absolute Gasteiger partial charge is 1.00 e. The van der Waals surface area contributed by atoms with Gasteiger partial charge in [0.15, 0.2) is 0 Å². The van der Waals surface area contributed by atoms with Gasteiger partial charge < -0.3 is 28.7 Å². The quantitative estimate of drug-likeness (QED) is 0.144. The molecule has 1 aromatic rings. The molecule has 0 aliphatic heterocycles. The van der Waals surface area contributed by atoms with Gasteiger partial charge in [0.1, 0.15) is 15.2 Å². The van der Waals surface area contributed by atoms with Crippen LogP contribution in [0.1, 0.15) is 52.1 Å². The summed E-state index contributed by atoms with van der Waals surface area (Å²) in [5.41, 5.74) is 2.66. The zero-order chi connectivity index (χ0) is 20.7. The molecule has 1 aromatic heterocycles. The van der Waals surface area contributed by atoms with E-state index in [1.165, 1.54) is 22.0 Å². The predicted octanol–water partition coefficient (Wildman–Crippen LogP) is -4.28. The van der Waals surface area contributed by atoms with Gasteiger partial charge in [0.2, 0.25) is 0 Å². The number of aryl methyl sites for hydroxylation is 1. The monoisotopic (exact) mass is 465 g/mol. The summed E-state index contributed by atoms with van der Waals surface area (Å²) in [6.07, 6.45) is 8.76. The minimum absolute atomic E-state index is 0. The van der Waals surface area contributed by atoms with E-state index in [0.29, 0.717) is 6.54 Å². The van der Waals surface area contributed by atoms with Crippen LogP contribution in [0.5, 0.6) is 0 Å². The fourth-order valence-corrected chi connectivity index (χ4v) is 4.75. The van der Waals surface area contributed by atoms with Gasteiger partial charge in [0, 0.05) is 19.2 Å². The molecule has 9 nitrogen and oxygen atoms in total. The molecule has 13 heteroatoms. The van der Waals surface area contributed by atoms with E-state index in [1.54, 1.807) is 0 Å². The summed E-state index contributed by atoms with van der Waals surface area (Å²) in [5, 5.41) is 5.20. The van der Waals surface area contributed by atoms with Crippen molar-refractivity contribution in [3.63, 3.8) is 0 Å². The molecule has 0 bridgehead atoms. The molecule has 0 aromatic carbocycles. The SMILES string of the molecule is CC(C)=CCC/C(C)=C\CCCn1cc(CC(P(=O)([O-])O)P(=O)([O-])O)nn1.[Na+].[Na+]. The third-order valence-electron chi connectivity index (χ3n) is 3.91. The van der Waals surface area contributed by atoms with Crippen LogP contribution in [-0.2, 0) is 22.1 Å². The summed E-state index contributed by atoms with van der Waals surface area (Å²) >= 11 is 0. The van der Waals surface area contributed by atoms with Gasteiger partial charge in [0.05, 0.1) is 11.1 Å². The molecule has 2 atom stereocenters. The molecule has 0 aliphatic rings. The van der Waals surface area contributed by atoms with Crippen LogP contribution in [-0.4, -0.2) is 30.2 Å². The number of hydrogen-bond acceptors (Lipinski definition) is 6. The maximum Gasteiger partial charge on any atom is 1.00 e. The Morgan fingerprint density at radius 1 is 1.14 bits per heavy atom. The van der Waals surface area contributed by atoms with Crippen LogP contribution in [0.15, 0.2) is 29.5 Å². The van der Waals surface area contributed by atoms with Crippen molar-refractivity contribution in [3.05, 3.63) is 35.2 Å². The van der Waals surface area contributed by atoms with Crippen molar-refractivity contribution in [2.75, 3.05) is 0 Å². The van der Waals surface area contributed by atoms with Crippen molar-refractivity contribution in [1.29, 1.82) is 0 Å². The molecule has 0 saturated heterocycles. The van der Waals surface area contributed by atoms with Crippen LogP contribution in [0, 0.1) is 0 Å².